The lowest BCUT2D eigenvalue weighted by Gasteiger charge is -2.37. The Morgan fingerprint density at radius 1 is 1.19 bits per heavy atom. The van der Waals surface area contributed by atoms with Crippen LogP contribution in [0.15, 0.2) is 23.8 Å². The molecule has 19 nitrogen and oxygen atoms in total. The Kier molecular flexibility index (Phi) is 8.11. The number of nitrogens with two attached hydrogens (primary N) is 2. The van der Waals surface area contributed by atoms with Crippen LogP contribution >= 0.6 is 26.0 Å². The number of nitrogens with zero attached hydrogens (tertiary/aromatic N) is 7. The molecule has 7 heterocycles. The third-order valence-electron chi connectivity index (χ3n) is 8.29. The van der Waals surface area contributed by atoms with Crippen molar-refractivity contribution in [2.45, 2.75) is 54.4 Å². The van der Waals surface area contributed by atoms with Gasteiger partial charge in [0.1, 0.15) is 47.6 Å². The number of aliphatic hydroxyl groups excluding tert-OH is 1. The Bertz CT molecular complexity index is 2000. The Morgan fingerprint density at radius 3 is 2.64 bits per heavy atom. The Morgan fingerprint density at radius 2 is 1.91 bits per heavy atom. The maximum atomic E-state index is 15.9. The highest BCUT2D eigenvalue weighted by atomic mass is 32.7. The summed E-state index contributed by atoms with van der Waals surface area (Å²) < 4.78 is 75.9. The number of thiol groups is 1. The molecule has 9 atom stereocenters. The van der Waals surface area contributed by atoms with Gasteiger partial charge in [-0.25, -0.2) is 28.7 Å². The lowest BCUT2D eigenvalue weighted by molar-refractivity contribution is -0.129. The lowest BCUT2D eigenvalue weighted by atomic mass is 9.90. The average molecular weight is 738 g/mol. The molecule has 3 aliphatic heterocycles. The number of hydrogen-bond donors (Lipinski definition) is 6. The monoisotopic (exact) mass is 737 g/mol. The number of aromatic nitrogens is 8. The zero-order valence-electron chi connectivity index (χ0n) is 23.6. The quantitative estimate of drug-likeness (QED) is 0.100. The number of aromatic amines is 1. The number of anilines is 2. The molecule has 7 rings (SSSR count). The highest BCUT2D eigenvalue weighted by molar-refractivity contribution is 8.39. The number of H-pyrrole nitrogens is 1. The van der Waals surface area contributed by atoms with E-state index in [4.69, 9.17) is 46.5 Å². The van der Waals surface area contributed by atoms with Gasteiger partial charge in [0.15, 0.2) is 47.7 Å². The zero-order chi connectivity index (χ0) is 33.5. The predicted molar refractivity (Wildman–Crippen MR) is 163 cm³/mol. The van der Waals surface area contributed by atoms with Crippen LogP contribution in [0.25, 0.3) is 22.3 Å². The smallest absolute Gasteiger partial charge is 0.393 e. The molecule has 3 saturated heterocycles. The van der Waals surface area contributed by atoms with Gasteiger partial charge in [0.2, 0.25) is 5.95 Å². The summed E-state index contributed by atoms with van der Waals surface area (Å²) in [4.78, 5) is 46.5. The fraction of sp³-hybridized carbons (Fsp3) is 0.545. The van der Waals surface area contributed by atoms with Crippen molar-refractivity contribution in [1.29, 1.82) is 0 Å². The normalized spacial score (nSPS) is 31.8. The maximum Gasteiger partial charge on any atom is 0.582 e. The van der Waals surface area contributed by atoms with Crippen molar-refractivity contribution < 1.29 is 46.6 Å². The highest BCUT2D eigenvalue weighted by Crippen LogP contribution is 2.64. The molecule has 0 spiro atoms. The third-order valence-corrected chi connectivity index (χ3v) is 11.8. The molecule has 0 radical (unpaired) electrons. The Balaban J connectivity index is 1.24. The SMILES string of the molecule is Nc1nc2c(ncn2C2OC(CO)C(F)(F)C2P(O)(=S)OCC23CCOC(C(n4cnc5c(N)ncnc54)O2)C3O[P+](=O)S)c(=O)[nH]1. The summed E-state index contributed by atoms with van der Waals surface area (Å²) in [7, 11) is -2.55. The molecule has 47 heavy (non-hydrogen) atoms. The number of hydrogen-bond acceptors (Lipinski definition) is 16. The van der Waals surface area contributed by atoms with Crippen LogP contribution in [0.3, 0.4) is 0 Å². The first-order valence-electron chi connectivity index (χ1n) is 13.7. The van der Waals surface area contributed by atoms with E-state index in [9.17, 15) is 19.4 Å². The molecule has 3 aliphatic rings. The molecule has 7 N–H and O–H groups in total. The summed E-state index contributed by atoms with van der Waals surface area (Å²) in [6, 6.07) is 0. The van der Waals surface area contributed by atoms with E-state index in [1.54, 1.807) is 0 Å². The number of imidazole rings is 2. The second kappa shape index (κ2) is 11.7. The summed E-state index contributed by atoms with van der Waals surface area (Å²) in [6.45, 7) is -6.40. The molecule has 4 aromatic rings. The summed E-state index contributed by atoms with van der Waals surface area (Å²) >= 11 is 9.27. The molecule has 0 saturated carbocycles. The van der Waals surface area contributed by atoms with Crippen molar-refractivity contribution in [3.63, 3.8) is 0 Å². The van der Waals surface area contributed by atoms with Gasteiger partial charge >= 0.3 is 7.23 Å². The molecule has 9 unspecified atom stereocenters. The zero-order valence-corrected chi connectivity index (χ0v) is 27.1. The number of nitrogen functional groups attached to an aromatic ring is 2. The van der Waals surface area contributed by atoms with Crippen molar-refractivity contribution >= 4 is 71.9 Å². The highest BCUT2D eigenvalue weighted by Gasteiger charge is 2.67. The number of aliphatic hydroxyl groups is 1. The number of halogens is 2. The standard InChI is InChI=1S/C22H24F2N10O9P2S2/c23-22(24)8(3-35)41-19(34-7-30-10-16(34)31-20(26)32-17(10)36)13(22)45(38,47)40-4-21-1-2-39-11(12(21)43-44(37)46)18(42-21)33-6-29-9-14(25)27-5-28-15(9)33/h5-8,11-13,18-19,35H,1-4H2,(H6-,25,26,27,28,31,32,36,37,38,46,47)/p+1. The molecule has 2 bridgehead atoms. The van der Waals surface area contributed by atoms with Gasteiger partial charge in [0.25, 0.3) is 11.5 Å². The molecule has 4 aromatic heterocycles. The van der Waals surface area contributed by atoms with Crippen LogP contribution in [0.5, 0.6) is 0 Å². The number of ether oxygens (including phenoxy) is 3. The summed E-state index contributed by atoms with van der Waals surface area (Å²) in [5.74, 6) is -4.19. The van der Waals surface area contributed by atoms with E-state index in [1.165, 1.54) is 17.2 Å². The predicted octanol–water partition coefficient (Wildman–Crippen LogP) is 0.365. The topological polar surface area (TPSA) is 263 Å². The maximum absolute atomic E-state index is 15.9. The fourth-order valence-corrected chi connectivity index (χ4v) is 9.57. The first-order chi connectivity index (χ1) is 22.3. The van der Waals surface area contributed by atoms with Crippen LogP contribution in [0, 0.1) is 0 Å². The number of nitrogens with one attached hydrogen (secondary N) is 1. The summed E-state index contributed by atoms with van der Waals surface area (Å²) in [5, 5.41) is 9.78. The van der Waals surface area contributed by atoms with Crippen molar-refractivity contribution in [3.05, 3.63) is 29.3 Å². The van der Waals surface area contributed by atoms with Gasteiger partial charge < -0.3 is 40.2 Å². The summed E-state index contributed by atoms with van der Waals surface area (Å²) in [5.41, 5.74) is 7.07. The Hall–Kier alpha value is -2.82. The number of fused-ring (bicyclic) bond motifs is 4. The van der Waals surface area contributed by atoms with E-state index in [1.807, 2.05) is 0 Å². The molecule has 25 heteroatoms. The van der Waals surface area contributed by atoms with Crippen LogP contribution in [0.4, 0.5) is 20.5 Å². The van der Waals surface area contributed by atoms with Crippen molar-refractivity contribution in [1.82, 2.24) is 39.0 Å². The van der Waals surface area contributed by atoms with E-state index in [0.29, 0.717) is 0 Å². The second-order valence-corrected chi connectivity index (χ2v) is 16.1. The average Bonchev–Trinajstić information content (AvgIpc) is 3.72. The molecular formula is C22H25F2N10O9P2S2+. The van der Waals surface area contributed by atoms with Crippen LogP contribution in [-0.4, -0.2) is 104 Å². The van der Waals surface area contributed by atoms with Gasteiger partial charge in [-0.2, -0.15) is 4.98 Å². The number of rotatable bonds is 9. The summed E-state index contributed by atoms with van der Waals surface area (Å²) in [6.07, 6.45) is -3.46. The number of alkyl halides is 2. The van der Waals surface area contributed by atoms with E-state index >= 15 is 8.78 Å². The van der Waals surface area contributed by atoms with Crippen molar-refractivity contribution in [2.75, 3.05) is 31.3 Å². The van der Waals surface area contributed by atoms with Gasteiger partial charge in [-0.1, -0.05) is 0 Å². The van der Waals surface area contributed by atoms with Gasteiger partial charge in [-0.15, -0.1) is 4.52 Å². The first kappa shape index (κ1) is 32.7. The van der Waals surface area contributed by atoms with Crippen LogP contribution < -0.4 is 17.0 Å². The minimum absolute atomic E-state index is 0.0269. The van der Waals surface area contributed by atoms with E-state index < -0.39 is 80.4 Å². The molecule has 0 amide bonds. The minimum atomic E-state index is -4.67. The van der Waals surface area contributed by atoms with Crippen LogP contribution in [0.1, 0.15) is 18.9 Å². The van der Waals surface area contributed by atoms with Crippen molar-refractivity contribution in [2.24, 2.45) is 0 Å². The fourth-order valence-electron chi connectivity index (χ4n) is 6.16. The second-order valence-electron chi connectivity index (χ2n) is 10.9. The van der Waals surface area contributed by atoms with Gasteiger partial charge in [-0.05, 0) is 16.4 Å². The van der Waals surface area contributed by atoms with Gasteiger partial charge in [0.05, 0.1) is 32.5 Å². The van der Waals surface area contributed by atoms with Crippen LogP contribution in [0.2, 0.25) is 0 Å². The molecule has 0 aliphatic carbocycles. The Labute approximate surface area is 272 Å². The molecular weight excluding hydrogens is 712 g/mol. The molecule has 252 valence electrons. The van der Waals surface area contributed by atoms with Gasteiger partial charge in [0, 0.05) is 6.42 Å². The largest absolute Gasteiger partial charge is 0.582 e. The van der Waals surface area contributed by atoms with E-state index in [2.05, 4.69) is 42.2 Å². The van der Waals surface area contributed by atoms with Crippen LogP contribution in [-0.2, 0) is 39.6 Å². The molecule has 0 aromatic carbocycles. The molecule has 3 fully saturated rings. The third kappa shape index (κ3) is 5.24. The lowest BCUT2D eigenvalue weighted by Crippen LogP contribution is -2.52. The van der Waals surface area contributed by atoms with E-state index in [-0.39, 0.29) is 47.1 Å². The first-order valence-corrected chi connectivity index (χ1v) is 18.7. The van der Waals surface area contributed by atoms with E-state index in [0.717, 1.165) is 10.9 Å². The van der Waals surface area contributed by atoms with Crippen molar-refractivity contribution in [3.8, 4) is 0 Å². The minimum Gasteiger partial charge on any atom is -0.393 e. The van der Waals surface area contributed by atoms with Gasteiger partial charge in [-0.3, -0.25) is 18.9 Å².